The number of hydrogen-bond donors (Lipinski definition) is 1. The molecule has 1 heterocycles. The summed E-state index contributed by atoms with van der Waals surface area (Å²) in [6.45, 7) is 15.4. The summed E-state index contributed by atoms with van der Waals surface area (Å²) in [4.78, 5) is 0. The van der Waals surface area contributed by atoms with Gasteiger partial charge in [0.15, 0.2) is 0 Å². The van der Waals surface area contributed by atoms with Crippen LogP contribution in [0.25, 0.3) is 0 Å². The second-order valence-electron chi connectivity index (χ2n) is 7.96. The van der Waals surface area contributed by atoms with Gasteiger partial charge in [-0.25, -0.2) is 0 Å². The normalized spacial score (nSPS) is 18.2. The molecule has 0 unspecified atom stereocenters. The summed E-state index contributed by atoms with van der Waals surface area (Å²) in [6.07, 6.45) is 0.138. The van der Waals surface area contributed by atoms with Gasteiger partial charge < -0.3 is 28.4 Å². The Balaban J connectivity index is 2.15. The van der Waals surface area contributed by atoms with Gasteiger partial charge >= 0.3 is 14.7 Å². The summed E-state index contributed by atoms with van der Waals surface area (Å²) in [5.74, 6) is 0.745. The second kappa shape index (κ2) is 9.95. The minimum absolute atomic E-state index is 0.138. The maximum Gasteiger partial charge on any atom is 0.494 e. The topological polar surface area (TPSA) is 75.3 Å². The van der Waals surface area contributed by atoms with Crippen molar-refractivity contribution < 1.29 is 27.7 Å². The monoisotopic (exact) mass is 427 g/mol. The first kappa shape index (κ1) is 24.4. The van der Waals surface area contributed by atoms with Crippen molar-refractivity contribution in [1.29, 1.82) is 0 Å². The first-order valence-electron chi connectivity index (χ1n) is 10.3. The molecule has 2 rings (SSSR count). The summed E-state index contributed by atoms with van der Waals surface area (Å²) >= 11 is 0. The van der Waals surface area contributed by atoms with E-state index in [4.69, 9.17) is 23.1 Å². The zero-order valence-corrected chi connectivity index (χ0v) is 19.6. The van der Waals surface area contributed by atoms with Gasteiger partial charge in [-0.05, 0) is 71.6 Å². The fraction of sp³-hybridized carbons (Fsp3) is 0.700. The maximum absolute atomic E-state index is 12.6. The summed E-state index contributed by atoms with van der Waals surface area (Å²) in [5.41, 5.74) is 1.03. The van der Waals surface area contributed by atoms with Crippen LogP contribution in [-0.4, -0.2) is 44.4 Å². The SMILES string of the molecule is CCOc1cc(CNCP(=O)(OCC)OCC)cc(B2OC(C)(C)C(C)(C)O2)c1. The largest absolute Gasteiger partial charge is 0.494 e. The molecule has 0 bridgehead atoms. The van der Waals surface area contributed by atoms with E-state index in [1.54, 1.807) is 13.8 Å². The third-order valence-corrected chi connectivity index (χ3v) is 7.03. The number of hydrogen-bond acceptors (Lipinski definition) is 7. The minimum Gasteiger partial charge on any atom is -0.494 e. The molecule has 1 fully saturated rings. The van der Waals surface area contributed by atoms with E-state index in [1.807, 2.05) is 52.8 Å². The molecule has 0 aromatic heterocycles. The Bertz CT molecular complexity index is 701. The summed E-state index contributed by atoms with van der Waals surface area (Å²) in [5, 5.41) is 3.18. The molecule has 0 radical (unpaired) electrons. The van der Waals surface area contributed by atoms with E-state index in [0.29, 0.717) is 26.4 Å². The summed E-state index contributed by atoms with van der Waals surface area (Å²) in [7, 11) is -3.61. The molecule has 1 aromatic carbocycles. The van der Waals surface area contributed by atoms with E-state index in [9.17, 15) is 4.57 Å². The Morgan fingerprint density at radius 1 is 0.966 bits per heavy atom. The standard InChI is InChI=1S/C20H35BNO6P/c1-8-24-18-12-16(14-22-15-29(23,25-9-2)26-10-3)11-17(13-18)21-27-19(4,5)20(6,7)28-21/h11-13,22H,8-10,14-15H2,1-7H3. The first-order valence-corrected chi connectivity index (χ1v) is 12.0. The molecule has 1 saturated heterocycles. The zero-order valence-electron chi connectivity index (χ0n) is 18.7. The van der Waals surface area contributed by atoms with Crippen LogP contribution < -0.4 is 15.5 Å². The first-order chi connectivity index (χ1) is 13.6. The smallest absolute Gasteiger partial charge is 0.494 e. The molecular weight excluding hydrogens is 392 g/mol. The molecule has 9 heteroatoms. The molecule has 0 spiro atoms. The molecule has 164 valence electrons. The van der Waals surface area contributed by atoms with Crippen LogP contribution in [0, 0.1) is 0 Å². The highest BCUT2D eigenvalue weighted by Crippen LogP contribution is 2.46. The Morgan fingerprint density at radius 3 is 2.07 bits per heavy atom. The fourth-order valence-electron chi connectivity index (χ4n) is 3.01. The quantitative estimate of drug-likeness (QED) is 0.426. The van der Waals surface area contributed by atoms with E-state index in [2.05, 4.69) is 5.32 Å². The van der Waals surface area contributed by atoms with Crippen LogP contribution in [-0.2, 0) is 29.5 Å². The van der Waals surface area contributed by atoms with Crippen LogP contribution in [0.4, 0.5) is 0 Å². The highest BCUT2D eigenvalue weighted by molar-refractivity contribution is 7.53. The van der Waals surface area contributed by atoms with Crippen molar-refractivity contribution in [2.45, 2.75) is 66.2 Å². The Morgan fingerprint density at radius 2 is 1.55 bits per heavy atom. The van der Waals surface area contributed by atoms with Gasteiger partial charge in [-0.15, -0.1) is 0 Å². The summed E-state index contributed by atoms with van der Waals surface area (Å²) < 4.78 is 41.4. The lowest BCUT2D eigenvalue weighted by Crippen LogP contribution is -2.41. The van der Waals surface area contributed by atoms with E-state index in [0.717, 1.165) is 16.8 Å². The van der Waals surface area contributed by atoms with Gasteiger partial charge in [0.25, 0.3) is 0 Å². The van der Waals surface area contributed by atoms with Crippen LogP contribution in [0.5, 0.6) is 5.75 Å². The van der Waals surface area contributed by atoms with E-state index in [1.165, 1.54) is 0 Å². The Labute approximate surface area is 175 Å². The molecule has 1 aromatic rings. The second-order valence-corrected chi connectivity index (χ2v) is 10.0. The van der Waals surface area contributed by atoms with Crippen molar-refractivity contribution >= 4 is 20.2 Å². The van der Waals surface area contributed by atoms with E-state index in [-0.39, 0.29) is 6.29 Å². The predicted molar refractivity (Wildman–Crippen MR) is 116 cm³/mol. The summed E-state index contributed by atoms with van der Waals surface area (Å²) in [6, 6.07) is 5.92. The molecule has 0 aliphatic carbocycles. The number of rotatable bonds is 11. The number of nitrogens with one attached hydrogen (secondary N) is 1. The molecule has 1 N–H and O–H groups in total. The van der Waals surface area contributed by atoms with Crippen LogP contribution in [0.2, 0.25) is 0 Å². The highest BCUT2D eigenvalue weighted by Gasteiger charge is 2.51. The van der Waals surface area contributed by atoms with Gasteiger partial charge in [0.05, 0.1) is 37.3 Å². The minimum atomic E-state index is -3.14. The third-order valence-electron chi connectivity index (χ3n) is 5.11. The lowest BCUT2D eigenvalue weighted by molar-refractivity contribution is 0.00578. The molecular formula is C20H35BNO6P. The number of ether oxygens (including phenoxy) is 1. The lowest BCUT2D eigenvalue weighted by atomic mass is 9.78. The maximum atomic E-state index is 12.6. The average Bonchev–Trinajstić information content (AvgIpc) is 2.83. The molecule has 1 aliphatic heterocycles. The molecule has 0 amide bonds. The van der Waals surface area contributed by atoms with Gasteiger partial charge in [-0.3, -0.25) is 4.57 Å². The van der Waals surface area contributed by atoms with Crippen LogP contribution in [0.15, 0.2) is 18.2 Å². The van der Waals surface area contributed by atoms with Gasteiger partial charge in [-0.2, -0.15) is 0 Å². The Kier molecular flexibility index (Phi) is 8.36. The average molecular weight is 427 g/mol. The van der Waals surface area contributed by atoms with E-state index < -0.39 is 25.9 Å². The van der Waals surface area contributed by atoms with Gasteiger partial charge in [0, 0.05) is 6.54 Å². The predicted octanol–water partition coefficient (Wildman–Crippen LogP) is 3.70. The van der Waals surface area contributed by atoms with Gasteiger partial charge in [0.2, 0.25) is 0 Å². The number of benzene rings is 1. The highest BCUT2D eigenvalue weighted by atomic mass is 31.2. The third kappa shape index (κ3) is 6.30. The molecule has 29 heavy (non-hydrogen) atoms. The van der Waals surface area contributed by atoms with Crippen molar-refractivity contribution in [2.75, 3.05) is 26.1 Å². The molecule has 0 atom stereocenters. The van der Waals surface area contributed by atoms with Crippen molar-refractivity contribution in [3.63, 3.8) is 0 Å². The van der Waals surface area contributed by atoms with Crippen LogP contribution in [0.1, 0.15) is 54.0 Å². The lowest BCUT2D eigenvalue weighted by Gasteiger charge is -2.32. The van der Waals surface area contributed by atoms with Crippen LogP contribution in [0.3, 0.4) is 0 Å². The van der Waals surface area contributed by atoms with Crippen LogP contribution >= 0.6 is 7.60 Å². The van der Waals surface area contributed by atoms with Gasteiger partial charge in [0.1, 0.15) is 5.75 Å². The molecule has 7 nitrogen and oxygen atoms in total. The molecule has 1 aliphatic rings. The van der Waals surface area contributed by atoms with Crippen molar-refractivity contribution in [1.82, 2.24) is 5.32 Å². The van der Waals surface area contributed by atoms with Crippen molar-refractivity contribution in [2.24, 2.45) is 0 Å². The zero-order chi connectivity index (χ0) is 21.7. The van der Waals surface area contributed by atoms with Crippen molar-refractivity contribution in [3.8, 4) is 5.75 Å². The fourth-order valence-corrected chi connectivity index (χ4v) is 4.44. The van der Waals surface area contributed by atoms with E-state index >= 15 is 0 Å². The van der Waals surface area contributed by atoms with Gasteiger partial charge in [-0.1, -0.05) is 6.07 Å². The molecule has 0 saturated carbocycles. The Hall–Kier alpha value is -0.885. The van der Waals surface area contributed by atoms with Crippen molar-refractivity contribution in [3.05, 3.63) is 23.8 Å².